The van der Waals surface area contributed by atoms with E-state index in [0.717, 1.165) is 37.1 Å². The fraction of sp³-hybridized carbons (Fsp3) is 0.381. The molecule has 1 aliphatic heterocycles. The van der Waals surface area contributed by atoms with Crippen LogP contribution in [0.15, 0.2) is 54.6 Å². The Bertz CT molecular complexity index is 670. The minimum Gasteiger partial charge on any atom is -0.377 e. The average Bonchev–Trinajstić information content (AvgIpc) is 3.15. The summed E-state index contributed by atoms with van der Waals surface area (Å²) in [5.41, 5.74) is 3.38. The predicted octanol–water partition coefficient (Wildman–Crippen LogP) is 3.39. The van der Waals surface area contributed by atoms with Gasteiger partial charge in [-0.2, -0.15) is 0 Å². The predicted molar refractivity (Wildman–Crippen MR) is 107 cm³/mol. The van der Waals surface area contributed by atoms with Gasteiger partial charge in [-0.1, -0.05) is 60.2 Å². The molecule has 0 radical (unpaired) electrons. The van der Waals surface area contributed by atoms with Gasteiger partial charge in [0.1, 0.15) is 0 Å². The molecule has 2 aromatic carbocycles. The Kier molecular flexibility index (Phi) is 8.10. The van der Waals surface area contributed by atoms with E-state index in [2.05, 4.69) is 41.8 Å². The Labute approximate surface area is 161 Å². The smallest absolute Gasteiger partial charge is 0.234 e. The molecule has 1 aliphatic rings. The number of benzene rings is 2. The number of halogens is 1. The number of carbonyl (C=O) groups is 1. The van der Waals surface area contributed by atoms with E-state index in [1.54, 1.807) is 0 Å². The quantitative estimate of drug-likeness (QED) is 0.781. The second kappa shape index (κ2) is 10.3. The number of nitrogens with one attached hydrogen (secondary N) is 2. The molecule has 2 aromatic rings. The van der Waals surface area contributed by atoms with Gasteiger partial charge in [-0.15, -0.1) is 12.4 Å². The second-order valence-electron chi connectivity index (χ2n) is 6.59. The highest BCUT2D eigenvalue weighted by Gasteiger charge is 2.18. The number of hydrogen-bond donors (Lipinski definition) is 2. The van der Waals surface area contributed by atoms with Crippen LogP contribution >= 0.6 is 12.4 Å². The van der Waals surface area contributed by atoms with Crippen molar-refractivity contribution in [2.45, 2.75) is 31.9 Å². The van der Waals surface area contributed by atoms with E-state index in [4.69, 9.17) is 4.74 Å². The van der Waals surface area contributed by atoms with Crippen LogP contribution < -0.4 is 10.6 Å². The lowest BCUT2D eigenvalue weighted by molar-refractivity contribution is -0.120. The highest BCUT2D eigenvalue weighted by Crippen LogP contribution is 2.22. The van der Waals surface area contributed by atoms with Crippen molar-refractivity contribution in [3.63, 3.8) is 0 Å². The third-order valence-electron chi connectivity index (χ3n) is 4.53. The van der Waals surface area contributed by atoms with Crippen LogP contribution in [0.3, 0.4) is 0 Å². The summed E-state index contributed by atoms with van der Waals surface area (Å²) in [7, 11) is 0. The van der Waals surface area contributed by atoms with Crippen molar-refractivity contribution in [3.8, 4) is 0 Å². The summed E-state index contributed by atoms with van der Waals surface area (Å²) >= 11 is 0. The SMILES string of the molecule is Cc1ccc(C(NC(=O)CNCC2CCCO2)c2ccccc2)cc1.Cl. The molecular weight excluding hydrogens is 348 g/mol. The van der Waals surface area contributed by atoms with Crippen LogP contribution in [0.4, 0.5) is 0 Å². The van der Waals surface area contributed by atoms with E-state index in [1.807, 2.05) is 30.3 Å². The van der Waals surface area contributed by atoms with E-state index < -0.39 is 0 Å². The van der Waals surface area contributed by atoms with Crippen molar-refractivity contribution < 1.29 is 9.53 Å². The van der Waals surface area contributed by atoms with E-state index >= 15 is 0 Å². The third kappa shape index (κ3) is 5.84. The van der Waals surface area contributed by atoms with Crippen LogP contribution in [0, 0.1) is 6.92 Å². The molecule has 0 aliphatic carbocycles. The molecule has 0 saturated carbocycles. The molecule has 3 rings (SSSR count). The second-order valence-corrected chi connectivity index (χ2v) is 6.59. The number of amides is 1. The molecule has 0 bridgehead atoms. The Morgan fingerprint density at radius 3 is 2.46 bits per heavy atom. The molecule has 1 heterocycles. The molecule has 0 aromatic heterocycles. The highest BCUT2D eigenvalue weighted by atomic mass is 35.5. The number of ether oxygens (including phenoxy) is 1. The molecule has 140 valence electrons. The number of aryl methyl sites for hydroxylation is 1. The van der Waals surface area contributed by atoms with Crippen molar-refractivity contribution >= 4 is 18.3 Å². The Hall–Kier alpha value is -1.88. The minimum absolute atomic E-state index is 0. The zero-order valence-corrected chi connectivity index (χ0v) is 15.9. The highest BCUT2D eigenvalue weighted by molar-refractivity contribution is 5.85. The standard InChI is InChI=1S/C21H26N2O2.ClH/c1-16-9-11-18(12-10-16)21(17-6-3-2-4-7-17)23-20(24)15-22-14-19-8-5-13-25-19;/h2-4,6-7,9-12,19,21-22H,5,8,13-15H2,1H3,(H,23,24);1H. The fourth-order valence-corrected chi connectivity index (χ4v) is 3.13. The largest absolute Gasteiger partial charge is 0.377 e. The van der Waals surface area contributed by atoms with Crippen molar-refractivity contribution in [2.24, 2.45) is 0 Å². The van der Waals surface area contributed by atoms with Crippen LogP contribution in [0.25, 0.3) is 0 Å². The van der Waals surface area contributed by atoms with Gasteiger partial charge >= 0.3 is 0 Å². The van der Waals surface area contributed by atoms with E-state index in [9.17, 15) is 4.79 Å². The lowest BCUT2D eigenvalue weighted by Gasteiger charge is -2.20. The summed E-state index contributed by atoms with van der Waals surface area (Å²) in [4.78, 5) is 12.4. The maximum absolute atomic E-state index is 12.4. The van der Waals surface area contributed by atoms with Gasteiger partial charge in [0.05, 0.1) is 18.7 Å². The van der Waals surface area contributed by atoms with Crippen LogP contribution in [0.5, 0.6) is 0 Å². The van der Waals surface area contributed by atoms with Crippen molar-refractivity contribution in [1.29, 1.82) is 0 Å². The van der Waals surface area contributed by atoms with Gasteiger partial charge in [-0.25, -0.2) is 0 Å². The Morgan fingerprint density at radius 2 is 1.81 bits per heavy atom. The van der Waals surface area contributed by atoms with Gasteiger partial charge in [0.15, 0.2) is 0 Å². The molecule has 4 nitrogen and oxygen atoms in total. The molecule has 1 saturated heterocycles. The Morgan fingerprint density at radius 1 is 1.12 bits per heavy atom. The molecule has 26 heavy (non-hydrogen) atoms. The van der Waals surface area contributed by atoms with Crippen molar-refractivity contribution in [2.75, 3.05) is 19.7 Å². The monoisotopic (exact) mass is 374 g/mol. The van der Waals surface area contributed by atoms with Gasteiger partial charge in [0.25, 0.3) is 0 Å². The molecule has 1 amide bonds. The average molecular weight is 375 g/mol. The summed E-state index contributed by atoms with van der Waals surface area (Å²) in [6.07, 6.45) is 2.43. The van der Waals surface area contributed by atoms with Gasteiger partial charge < -0.3 is 15.4 Å². The Balaban J connectivity index is 0.00000243. The lowest BCUT2D eigenvalue weighted by Crippen LogP contribution is -2.39. The fourth-order valence-electron chi connectivity index (χ4n) is 3.13. The zero-order valence-electron chi connectivity index (χ0n) is 15.1. The first kappa shape index (κ1) is 20.4. The van der Waals surface area contributed by atoms with Crippen LogP contribution in [-0.4, -0.2) is 31.7 Å². The topological polar surface area (TPSA) is 50.4 Å². The van der Waals surface area contributed by atoms with Gasteiger partial charge in [0.2, 0.25) is 5.91 Å². The summed E-state index contributed by atoms with van der Waals surface area (Å²) in [5.74, 6) is -0.00701. The van der Waals surface area contributed by atoms with Crippen LogP contribution in [-0.2, 0) is 9.53 Å². The molecule has 2 unspecified atom stereocenters. The molecule has 2 N–H and O–H groups in total. The van der Waals surface area contributed by atoms with Gasteiger partial charge in [0, 0.05) is 13.2 Å². The zero-order chi connectivity index (χ0) is 17.5. The normalized spacial score (nSPS) is 17.3. The first-order valence-electron chi connectivity index (χ1n) is 8.95. The number of rotatable bonds is 7. The van der Waals surface area contributed by atoms with Gasteiger partial charge in [-0.05, 0) is 30.9 Å². The third-order valence-corrected chi connectivity index (χ3v) is 4.53. The molecule has 5 heteroatoms. The van der Waals surface area contributed by atoms with Crippen molar-refractivity contribution in [3.05, 3.63) is 71.3 Å². The summed E-state index contributed by atoms with van der Waals surface area (Å²) in [5, 5.41) is 6.36. The number of carbonyl (C=O) groups excluding carboxylic acids is 1. The van der Waals surface area contributed by atoms with Crippen molar-refractivity contribution in [1.82, 2.24) is 10.6 Å². The maximum atomic E-state index is 12.4. The van der Waals surface area contributed by atoms with Crippen LogP contribution in [0.1, 0.15) is 35.6 Å². The van der Waals surface area contributed by atoms with Gasteiger partial charge in [-0.3, -0.25) is 4.79 Å². The minimum atomic E-state index is -0.140. The molecule has 2 atom stereocenters. The first-order chi connectivity index (χ1) is 12.2. The maximum Gasteiger partial charge on any atom is 0.234 e. The molecule has 1 fully saturated rings. The summed E-state index contributed by atoms with van der Waals surface area (Å²) < 4.78 is 5.57. The number of hydrogen-bond acceptors (Lipinski definition) is 3. The summed E-state index contributed by atoms with van der Waals surface area (Å²) in [6.45, 7) is 3.93. The molecular formula is C21H27ClN2O2. The molecule has 0 spiro atoms. The summed E-state index contributed by atoms with van der Waals surface area (Å²) in [6, 6.07) is 18.2. The van der Waals surface area contributed by atoms with E-state index in [1.165, 1.54) is 5.56 Å². The van der Waals surface area contributed by atoms with E-state index in [-0.39, 0.29) is 30.5 Å². The first-order valence-corrected chi connectivity index (χ1v) is 8.95. The van der Waals surface area contributed by atoms with E-state index in [0.29, 0.717) is 6.54 Å². The van der Waals surface area contributed by atoms with Crippen LogP contribution in [0.2, 0.25) is 0 Å². The lowest BCUT2D eigenvalue weighted by atomic mass is 9.98.